The van der Waals surface area contributed by atoms with Crippen LogP contribution in [0.4, 0.5) is 5.69 Å². The van der Waals surface area contributed by atoms with Gasteiger partial charge in [-0.3, -0.25) is 9.10 Å². The minimum atomic E-state index is -3.98. The van der Waals surface area contributed by atoms with Crippen LogP contribution in [-0.4, -0.2) is 41.6 Å². The van der Waals surface area contributed by atoms with Gasteiger partial charge in [-0.05, 0) is 60.5 Å². The Morgan fingerprint density at radius 2 is 1.61 bits per heavy atom. The number of amides is 1. The molecule has 0 aliphatic rings. The van der Waals surface area contributed by atoms with Crippen LogP contribution in [0, 0.1) is 0 Å². The van der Waals surface area contributed by atoms with E-state index in [2.05, 4.69) is 5.32 Å². The van der Waals surface area contributed by atoms with E-state index >= 15 is 0 Å². The number of sulfonamides is 1. The first-order chi connectivity index (χ1) is 15.8. The van der Waals surface area contributed by atoms with E-state index in [0.29, 0.717) is 35.2 Å². The normalized spacial score (nSPS) is 11.0. The lowest BCUT2D eigenvalue weighted by molar-refractivity contribution is -0.119. The number of nitrogens with one attached hydrogen (secondary N) is 1. The average molecular weight is 489 g/mol. The number of hydrogen-bond donors (Lipinski definition) is 1. The van der Waals surface area contributed by atoms with E-state index in [4.69, 9.17) is 21.1 Å². The number of carbonyl (C=O) groups is 1. The molecule has 1 N–H and O–H groups in total. The van der Waals surface area contributed by atoms with Gasteiger partial charge in [-0.2, -0.15) is 0 Å². The molecule has 0 fully saturated rings. The van der Waals surface area contributed by atoms with Crippen molar-refractivity contribution in [3.8, 4) is 11.5 Å². The van der Waals surface area contributed by atoms with E-state index in [9.17, 15) is 13.2 Å². The fourth-order valence-corrected chi connectivity index (χ4v) is 4.76. The maximum atomic E-state index is 13.3. The second kappa shape index (κ2) is 11.1. The lowest BCUT2D eigenvalue weighted by Gasteiger charge is -2.24. The van der Waals surface area contributed by atoms with Crippen LogP contribution in [0.15, 0.2) is 77.7 Å². The second-order valence-corrected chi connectivity index (χ2v) is 9.39. The van der Waals surface area contributed by atoms with Gasteiger partial charge in [0.15, 0.2) is 11.5 Å². The van der Waals surface area contributed by atoms with Crippen LogP contribution in [0.5, 0.6) is 11.5 Å². The summed E-state index contributed by atoms with van der Waals surface area (Å²) in [7, 11) is -0.854. The molecule has 0 unspecified atom stereocenters. The molecule has 0 saturated heterocycles. The summed E-state index contributed by atoms with van der Waals surface area (Å²) < 4.78 is 38.2. The van der Waals surface area contributed by atoms with Crippen molar-refractivity contribution in [1.82, 2.24) is 5.32 Å². The van der Waals surface area contributed by atoms with Gasteiger partial charge in [-0.1, -0.05) is 35.9 Å². The smallest absolute Gasteiger partial charge is 0.264 e. The van der Waals surface area contributed by atoms with E-state index < -0.39 is 15.9 Å². The zero-order valence-electron chi connectivity index (χ0n) is 18.3. The molecule has 0 aliphatic heterocycles. The van der Waals surface area contributed by atoms with Crippen molar-refractivity contribution in [3.63, 3.8) is 0 Å². The number of methoxy groups -OCH3 is 2. The molecule has 0 heterocycles. The predicted octanol–water partition coefficient (Wildman–Crippen LogP) is 3.91. The summed E-state index contributed by atoms with van der Waals surface area (Å²) in [6, 6.07) is 19.9. The molecular weight excluding hydrogens is 464 g/mol. The first kappa shape index (κ1) is 24.4. The zero-order chi connectivity index (χ0) is 23.8. The van der Waals surface area contributed by atoms with Crippen LogP contribution in [0.25, 0.3) is 0 Å². The van der Waals surface area contributed by atoms with E-state index in [-0.39, 0.29) is 11.4 Å². The van der Waals surface area contributed by atoms with Gasteiger partial charge in [0.05, 0.1) is 24.8 Å². The van der Waals surface area contributed by atoms with Gasteiger partial charge >= 0.3 is 0 Å². The van der Waals surface area contributed by atoms with Crippen LogP contribution >= 0.6 is 11.6 Å². The number of rotatable bonds is 10. The van der Waals surface area contributed by atoms with E-state index in [1.807, 2.05) is 12.1 Å². The van der Waals surface area contributed by atoms with Crippen LogP contribution in [0.1, 0.15) is 5.56 Å². The number of hydrogen-bond acceptors (Lipinski definition) is 5. The van der Waals surface area contributed by atoms with Crippen molar-refractivity contribution in [3.05, 3.63) is 83.4 Å². The molecule has 3 aromatic rings. The number of nitrogens with zero attached hydrogens (tertiary/aromatic N) is 1. The lowest BCUT2D eigenvalue weighted by Crippen LogP contribution is -2.41. The highest BCUT2D eigenvalue weighted by atomic mass is 35.5. The molecule has 1 amide bonds. The number of para-hydroxylation sites is 1. The summed E-state index contributed by atoms with van der Waals surface area (Å²) in [6.45, 7) is -0.0289. The van der Waals surface area contributed by atoms with Crippen LogP contribution in [0.2, 0.25) is 5.02 Å². The van der Waals surface area contributed by atoms with Gasteiger partial charge in [0.25, 0.3) is 10.0 Å². The molecule has 3 rings (SSSR count). The minimum Gasteiger partial charge on any atom is -0.493 e. The third-order valence-electron chi connectivity index (χ3n) is 4.92. The topological polar surface area (TPSA) is 84.9 Å². The van der Waals surface area contributed by atoms with Crippen LogP contribution in [0.3, 0.4) is 0 Å². The first-order valence-electron chi connectivity index (χ1n) is 10.2. The van der Waals surface area contributed by atoms with Crippen molar-refractivity contribution in [2.24, 2.45) is 0 Å². The summed E-state index contributed by atoms with van der Waals surface area (Å²) in [5, 5.41) is 3.22. The summed E-state index contributed by atoms with van der Waals surface area (Å²) in [4.78, 5) is 12.7. The highest BCUT2D eigenvalue weighted by Gasteiger charge is 2.27. The number of benzene rings is 3. The van der Waals surface area contributed by atoms with Gasteiger partial charge in [0.1, 0.15) is 6.54 Å². The fourth-order valence-electron chi connectivity index (χ4n) is 3.21. The monoisotopic (exact) mass is 488 g/mol. The third-order valence-corrected chi connectivity index (χ3v) is 6.96. The number of anilines is 1. The van der Waals surface area contributed by atoms with Gasteiger partial charge in [-0.25, -0.2) is 8.42 Å². The number of carbonyl (C=O) groups excluding carboxylic acids is 1. The first-order valence-corrected chi connectivity index (χ1v) is 12.0. The Morgan fingerprint density at radius 1 is 0.939 bits per heavy atom. The maximum absolute atomic E-state index is 13.3. The Balaban J connectivity index is 1.71. The Bertz CT molecular complexity index is 1190. The quantitative estimate of drug-likeness (QED) is 0.467. The Labute approximate surface area is 198 Å². The Morgan fingerprint density at radius 3 is 2.24 bits per heavy atom. The largest absolute Gasteiger partial charge is 0.493 e. The highest BCUT2D eigenvalue weighted by Crippen LogP contribution is 2.28. The average Bonchev–Trinajstić information content (AvgIpc) is 2.83. The second-order valence-electron chi connectivity index (χ2n) is 7.09. The molecule has 33 heavy (non-hydrogen) atoms. The van der Waals surface area contributed by atoms with Gasteiger partial charge < -0.3 is 14.8 Å². The Kier molecular flexibility index (Phi) is 8.19. The van der Waals surface area contributed by atoms with Gasteiger partial charge in [0.2, 0.25) is 5.91 Å². The highest BCUT2D eigenvalue weighted by molar-refractivity contribution is 7.92. The SMILES string of the molecule is COc1ccc(CCNC(=O)CN(c2ccccc2)S(=O)(=O)c2ccc(Cl)cc2)cc1OC. The number of halogens is 1. The summed E-state index contributed by atoms with van der Waals surface area (Å²) >= 11 is 5.90. The molecule has 174 valence electrons. The molecule has 0 aliphatic carbocycles. The molecule has 9 heteroatoms. The van der Waals surface area contributed by atoms with Crippen molar-refractivity contribution < 1.29 is 22.7 Å². The molecular formula is C24H25ClN2O5S. The van der Waals surface area contributed by atoms with Crippen LogP contribution in [-0.2, 0) is 21.2 Å². The molecule has 0 radical (unpaired) electrons. The van der Waals surface area contributed by atoms with Crippen molar-refractivity contribution >= 4 is 33.2 Å². The molecule has 0 spiro atoms. The minimum absolute atomic E-state index is 0.0499. The summed E-state index contributed by atoms with van der Waals surface area (Å²) in [6.07, 6.45) is 0.543. The van der Waals surface area contributed by atoms with E-state index in [1.165, 1.54) is 24.3 Å². The van der Waals surface area contributed by atoms with Crippen LogP contribution < -0.4 is 19.1 Å². The van der Waals surface area contributed by atoms with Crippen molar-refractivity contribution in [2.45, 2.75) is 11.3 Å². The lowest BCUT2D eigenvalue weighted by atomic mass is 10.1. The molecule has 3 aromatic carbocycles. The molecule has 7 nitrogen and oxygen atoms in total. The van der Waals surface area contributed by atoms with Gasteiger partial charge in [0, 0.05) is 11.6 Å². The van der Waals surface area contributed by atoms with E-state index in [1.54, 1.807) is 50.6 Å². The maximum Gasteiger partial charge on any atom is 0.264 e. The molecule has 0 atom stereocenters. The van der Waals surface area contributed by atoms with E-state index in [0.717, 1.165) is 9.87 Å². The fraction of sp³-hybridized carbons (Fsp3) is 0.208. The standard InChI is InChI=1S/C24H25ClN2O5S/c1-31-22-13-8-18(16-23(22)32-2)14-15-26-24(28)17-27(20-6-4-3-5-7-20)33(29,30)21-11-9-19(25)10-12-21/h3-13,16H,14-15,17H2,1-2H3,(H,26,28). The predicted molar refractivity (Wildman–Crippen MR) is 129 cm³/mol. The summed E-state index contributed by atoms with van der Waals surface area (Å²) in [5.41, 5.74) is 1.34. The summed E-state index contributed by atoms with van der Waals surface area (Å²) in [5.74, 6) is 0.804. The molecule has 0 saturated carbocycles. The molecule has 0 bridgehead atoms. The zero-order valence-corrected chi connectivity index (χ0v) is 19.9. The number of ether oxygens (including phenoxy) is 2. The van der Waals surface area contributed by atoms with Crippen molar-refractivity contribution in [2.75, 3.05) is 31.6 Å². The van der Waals surface area contributed by atoms with Crippen molar-refractivity contribution in [1.29, 1.82) is 0 Å². The molecule has 0 aromatic heterocycles. The third kappa shape index (κ3) is 6.18. The Hall–Kier alpha value is -3.23. The van der Waals surface area contributed by atoms with Gasteiger partial charge in [-0.15, -0.1) is 0 Å².